The molecular weight excluding hydrogens is 212 g/mol. The summed E-state index contributed by atoms with van der Waals surface area (Å²) in [5.41, 5.74) is 1.46. The summed E-state index contributed by atoms with van der Waals surface area (Å²) in [6.45, 7) is 8.22. The van der Waals surface area contributed by atoms with E-state index in [1.165, 1.54) is 18.0 Å². The lowest BCUT2D eigenvalue weighted by molar-refractivity contribution is 0.117. The van der Waals surface area contributed by atoms with Gasteiger partial charge >= 0.3 is 0 Å². The fourth-order valence-corrected chi connectivity index (χ4v) is 4.14. The van der Waals surface area contributed by atoms with Crippen molar-refractivity contribution in [1.29, 1.82) is 0 Å². The van der Waals surface area contributed by atoms with Crippen LogP contribution in [0.25, 0.3) is 0 Å². The summed E-state index contributed by atoms with van der Waals surface area (Å²) in [5.74, 6) is 0.632. The van der Waals surface area contributed by atoms with Crippen molar-refractivity contribution in [3.8, 4) is 0 Å². The van der Waals surface area contributed by atoms with Crippen molar-refractivity contribution < 1.29 is 4.74 Å². The minimum absolute atomic E-state index is 0.467. The van der Waals surface area contributed by atoms with E-state index in [9.17, 15) is 0 Å². The standard InChI is InChI=1S/C14H22OSi/c1-16(2,3)11-14-13(9-10-15-14)12-7-5-4-6-8-12/h4-8,13-14H,9-11H2,1-3H3. The van der Waals surface area contributed by atoms with Crippen molar-refractivity contribution in [2.45, 2.75) is 44.1 Å². The number of hydrogen-bond donors (Lipinski definition) is 0. The highest BCUT2D eigenvalue weighted by Crippen LogP contribution is 2.35. The van der Waals surface area contributed by atoms with E-state index in [0.717, 1.165) is 6.61 Å². The molecule has 0 spiro atoms. The minimum Gasteiger partial charge on any atom is -0.378 e. The first-order valence-electron chi connectivity index (χ1n) is 6.23. The molecule has 1 saturated heterocycles. The lowest BCUT2D eigenvalue weighted by atomic mass is 9.93. The summed E-state index contributed by atoms with van der Waals surface area (Å²) in [6, 6.07) is 12.1. The Morgan fingerprint density at radius 1 is 1.19 bits per heavy atom. The maximum Gasteiger partial charge on any atom is 0.0621 e. The molecule has 0 bridgehead atoms. The summed E-state index contributed by atoms with van der Waals surface area (Å²) in [4.78, 5) is 0. The van der Waals surface area contributed by atoms with Crippen molar-refractivity contribution >= 4 is 8.07 Å². The first-order valence-corrected chi connectivity index (χ1v) is 9.93. The molecule has 1 aromatic rings. The molecule has 2 heteroatoms. The second kappa shape index (κ2) is 4.72. The average Bonchev–Trinajstić information content (AvgIpc) is 2.64. The number of benzene rings is 1. The van der Waals surface area contributed by atoms with E-state index in [0.29, 0.717) is 12.0 Å². The second-order valence-corrected chi connectivity index (χ2v) is 11.5. The van der Waals surface area contributed by atoms with Crippen LogP contribution in [0.15, 0.2) is 30.3 Å². The quantitative estimate of drug-likeness (QED) is 0.721. The van der Waals surface area contributed by atoms with E-state index in [-0.39, 0.29) is 0 Å². The maximum absolute atomic E-state index is 5.93. The molecule has 1 aliphatic rings. The van der Waals surface area contributed by atoms with Gasteiger partial charge in [-0.15, -0.1) is 0 Å². The van der Waals surface area contributed by atoms with Crippen LogP contribution in [0.1, 0.15) is 17.9 Å². The molecule has 1 fully saturated rings. The van der Waals surface area contributed by atoms with Crippen LogP contribution in [-0.4, -0.2) is 20.8 Å². The minimum atomic E-state index is -1.02. The van der Waals surface area contributed by atoms with Gasteiger partial charge in [-0.1, -0.05) is 50.0 Å². The molecule has 0 saturated carbocycles. The molecular formula is C14H22OSi. The predicted molar refractivity (Wildman–Crippen MR) is 71.7 cm³/mol. The van der Waals surface area contributed by atoms with Crippen molar-refractivity contribution in [3.63, 3.8) is 0 Å². The van der Waals surface area contributed by atoms with E-state index < -0.39 is 8.07 Å². The Bertz CT molecular complexity index is 328. The Morgan fingerprint density at radius 2 is 1.88 bits per heavy atom. The second-order valence-electron chi connectivity index (χ2n) is 5.98. The van der Waals surface area contributed by atoms with E-state index >= 15 is 0 Å². The topological polar surface area (TPSA) is 9.23 Å². The van der Waals surface area contributed by atoms with Gasteiger partial charge in [-0.2, -0.15) is 0 Å². The Kier molecular flexibility index (Phi) is 3.50. The molecule has 1 aliphatic heterocycles. The van der Waals surface area contributed by atoms with Crippen LogP contribution in [0, 0.1) is 0 Å². The van der Waals surface area contributed by atoms with Crippen LogP contribution < -0.4 is 0 Å². The van der Waals surface area contributed by atoms with Crippen LogP contribution in [0.2, 0.25) is 25.7 Å². The van der Waals surface area contributed by atoms with Crippen LogP contribution in [0.5, 0.6) is 0 Å². The first-order chi connectivity index (χ1) is 7.56. The summed E-state index contributed by atoms with van der Waals surface area (Å²) >= 11 is 0. The Balaban J connectivity index is 2.10. The van der Waals surface area contributed by atoms with Gasteiger partial charge in [-0.25, -0.2) is 0 Å². The van der Waals surface area contributed by atoms with E-state index in [4.69, 9.17) is 4.74 Å². The third-order valence-electron chi connectivity index (χ3n) is 3.25. The molecule has 0 aromatic heterocycles. The van der Waals surface area contributed by atoms with Gasteiger partial charge in [0.1, 0.15) is 0 Å². The van der Waals surface area contributed by atoms with Gasteiger partial charge in [0.25, 0.3) is 0 Å². The van der Waals surface area contributed by atoms with Crippen molar-refractivity contribution in [1.82, 2.24) is 0 Å². The third kappa shape index (κ3) is 2.95. The highest BCUT2D eigenvalue weighted by atomic mass is 28.3. The smallest absolute Gasteiger partial charge is 0.0621 e. The normalized spacial score (nSPS) is 25.9. The van der Waals surface area contributed by atoms with E-state index in [1.807, 2.05) is 0 Å². The van der Waals surface area contributed by atoms with Gasteiger partial charge in [-0.3, -0.25) is 0 Å². The molecule has 0 amide bonds. The van der Waals surface area contributed by atoms with Crippen LogP contribution in [0.3, 0.4) is 0 Å². The zero-order valence-electron chi connectivity index (χ0n) is 10.6. The number of ether oxygens (including phenoxy) is 1. The van der Waals surface area contributed by atoms with Gasteiger partial charge in [0.15, 0.2) is 0 Å². The van der Waals surface area contributed by atoms with Gasteiger partial charge < -0.3 is 4.74 Å². The lowest BCUT2D eigenvalue weighted by Crippen LogP contribution is -2.29. The SMILES string of the molecule is C[Si](C)(C)CC1OCCC1c1ccccc1. The highest BCUT2D eigenvalue weighted by molar-refractivity contribution is 6.76. The Hall–Kier alpha value is -0.603. The molecule has 2 rings (SSSR count). The van der Waals surface area contributed by atoms with Crippen LogP contribution >= 0.6 is 0 Å². The third-order valence-corrected chi connectivity index (χ3v) is 4.88. The van der Waals surface area contributed by atoms with Gasteiger partial charge in [0, 0.05) is 20.6 Å². The Morgan fingerprint density at radius 3 is 2.50 bits per heavy atom. The molecule has 1 nitrogen and oxygen atoms in total. The monoisotopic (exact) mass is 234 g/mol. The highest BCUT2D eigenvalue weighted by Gasteiger charge is 2.33. The van der Waals surface area contributed by atoms with Crippen molar-refractivity contribution in [2.75, 3.05) is 6.61 Å². The lowest BCUT2D eigenvalue weighted by Gasteiger charge is -2.25. The molecule has 2 atom stereocenters. The average molecular weight is 234 g/mol. The fraction of sp³-hybridized carbons (Fsp3) is 0.571. The zero-order valence-corrected chi connectivity index (χ0v) is 11.6. The summed E-state index contributed by atoms with van der Waals surface area (Å²) in [6.07, 6.45) is 1.66. The maximum atomic E-state index is 5.93. The van der Waals surface area contributed by atoms with Gasteiger partial charge in [0.2, 0.25) is 0 Å². The van der Waals surface area contributed by atoms with Crippen molar-refractivity contribution in [3.05, 3.63) is 35.9 Å². The molecule has 2 unspecified atom stereocenters. The van der Waals surface area contributed by atoms with E-state index in [1.54, 1.807) is 0 Å². The van der Waals surface area contributed by atoms with Crippen LogP contribution in [0.4, 0.5) is 0 Å². The summed E-state index contributed by atoms with van der Waals surface area (Å²) in [7, 11) is -1.02. The van der Waals surface area contributed by atoms with Crippen molar-refractivity contribution in [2.24, 2.45) is 0 Å². The molecule has 1 aromatic carbocycles. The van der Waals surface area contributed by atoms with Gasteiger partial charge in [0.05, 0.1) is 6.10 Å². The zero-order chi connectivity index (χ0) is 11.6. The largest absolute Gasteiger partial charge is 0.378 e. The molecule has 0 N–H and O–H groups in total. The molecule has 0 radical (unpaired) electrons. The molecule has 0 aliphatic carbocycles. The molecule has 1 heterocycles. The number of hydrogen-bond acceptors (Lipinski definition) is 1. The fourth-order valence-electron chi connectivity index (χ4n) is 2.53. The van der Waals surface area contributed by atoms with Gasteiger partial charge in [-0.05, 0) is 18.0 Å². The summed E-state index contributed by atoms with van der Waals surface area (Å²) < 4.78 is 5.93. The Labute approximate surface area is 99.8 Å². The molecule has 88 valence electrons. The first kappa shape index (κ1) is 11.9. The molecule has 16 heavy (non-hydrogen) atoms. The van der Waals surface area contributed by atoms with E-state index in [2.05, 4.69) is 50.0 Å². The number of rotatable bonds is 3. The summed E-state index contributed by atoms with van der Waals surface area (Å²) in [5, 5.41) is 0. The van der Waals surface area contributed by atoms with Crippen LogP contribution in [-0.2, 0) is 4.74 Å². The predicted octanol–water partition coefficient (Wildman–Crippen LogP) is 3.90.